The average Bonchev–Trinajstić information content (AvgIpc) is 3.31. The average molecular weight is 316 g/mol. The highest BCUT2D eigenvalue weighted by atomic mass is 15.4. The number of hydrogen-bond acceptors (Lipinski definition) is 6. The molecule has 2 aromatic carbocycles. The van der Waals surface area contributed by atoms with Crippen molar-refractivity contribution >= 4 is 11.9 Å². The highest BCUT2D eigenvalue weighted by molar-refractivity contribution is 5.56. The third-order valence-electron chi connectivity index (χ3n) is 3.27. The summed E-state index contributed by atoms with van der Waals surface area (Å²) in [6.45, 7) is 0. The van der Waals surface area contributed by atoms with Gasteiger partial charge in [0.25, 0.3) is 11.9 Å². The van der Waals surface area contributed by atoms with Crippen molar-refractivity contribution in [1.82, 2.24) is 30.4 Å². The van der Waals surface area contributed by atoms with E-state index in [2.05, 4.69) is 40.6 Å². The van der Waals surface area contributed by atoms with Crippen molar-refractivity contribution < 1.29 is 0 Å². The van der Waals surface area contributed by atoms with E-state index in [4.69, 9.17) is 0 Å². The van der Waals surface area contributed by atoms with E-state index in [1.165, 1.54) is 0 Å². The van der Waals surface area contributed by atoms with E-state index in [0.29, 0.717) is 11.6 Å². The molecule has 4 rings (SSSR count). The van der Waals surface area contributed by atoms with E-state index in [9.17, 15) is 0 Å². The van der Waals surface area contributed by atoms with Crippen LogP contribution in [0.1, 0.15) is 0 Å². The van der Waals surface area contributed by atoms with Crippen molar-refractivity contribution in [2.24, 2.45) is 10.2 Å². The van der Waals surface area contributed by atoms with Crippen LogP contribution in [0.15, 0.2) is 70.9 Å². The summed E-state index contributed by atoms with van der Waals surface area (Å²) >= 11 is 0. The van der Waals surface area contributed by atoms with Gasteiger partial charge in [0, 0.05) is 11.1 Å². The van der Waals surface area contributed by atoms with Gasteiger partial charge in [-0.1, -0.05) is 60.7 Å². The molecule has 2 N–H and O–H groups in total. The highest BCUT2D eigenvalue weighted by Gasteiger charge is 2.06. The van der Waals surface area contributed by atoms with Crippen molar-refractivity contribution in [3.05, 3.63) is 60.7 Å². The fraction of sp³-hybridized carbons (Fsp3) is 0. The lowest BCUT2D eigenvalue weighted by atomic mass is 10.2. The molecule has 24 heavy (non-hydrogen) atoms. The zero-order valence-electron chi connectivity index (χ0n) is 12.5. The first-order valence-electron chi connectivity index (χ1n) is 7.26. The van der Waals surface area contributed by atoms with Crippen LogP contribution >= 0.6 is 0 Å². The molecule has 4 aromatic rings. The lowest BCUT2D eigenvalue weighted by Gasteiger charge is -1.92. The van der Waals surface area contributed by atoms with Crippen LogP contribution in [-0.2, 0) is 0 Å². The molecule has 0 aliphatic rings. The number of benzene rings is 2. The molecule has 0 unspecified atom stereocenters. The number of rotatable bonds is 4. The summed E-state index contributed by atoms with van der Waals surface area (Å²) < 4.78 is 0. The number of hydrogen-bond donors (Lipinski definition) is 2. The Morgan fingerprint density at radius 2 is 1.00 bits per heavy atom. The molecule has 0 spiro atoms. The number of nitrogens with one attached hydrogen (secondary N) is 2. The van der Waals surface area contributed by atoms with Gasteiger partial charge >= 0.3 is 0 Å². The Hall–Kier alpha value is -3.68. The van der Waals surface area contributed by atoms with Gasteiger partial charge in [-0.3, -0.25) is 10.2 Å². The standard InChI is InChI=1S/C16H12N8/c1-3-7-11(8-4-1)13-17-15(21-19-13)23-24-16-18-14(20-22-16)12-9-5-2-6-10-12/h1-10H,(H,17,19,21)(H,18,20,22)/b24-23-. The molecule has 8 nitrogen and oxygen atoms in total. The van der Waals surface area contributed by atoms with Gasteiger partial charge in [0.2, 0.25) is 0 Å². The minimum Gasteiger partial charge on any atom is -0.257 e. The Labute approximate surface area is 136 Å². The van der Waals surface area contributed by atoms with E-state index in [0.717, 1.165) is 11.1 Å². The Morgan fingerprint density at radius 3 is 1.42 bits per heavy atom. The molecule has 0 radical (unpaired) electrons. The molecule has 116 valence electrons. The summed E-state index contributed by atoms with van der Waals surface area (Å²) in [6, 6.07) is 19.3. The third kappa shape index (κ3) is 2.93. The summed E-state index contributed by atoms with van der Waals surface area (Å²) in [6.07, 6.45) is 0. The fourth-order valence-corrected chi connectivity index (χ4v) is 2.14. The lowest BCUT2D eigenvalue weighted by molar-refractivity contribution is 1.01. The van der Waals surface area contributed by atoms with Crippen LogP contribution in [0.25, 0.3) is 22.8 Å². The minimum absolute atomic E-state index is 0.222. The monoisotopic (exact) mass is 316 g/mol. The quantitative estimate of drug-likeness (QED) is 0.560. The van der Waals surface area contributed by atoms with Crippen LogP contribution in [-0.4, -0.2) is 30.4 Å². The van der Waals surface area contributed by atoms with E-state index < -0.39 is 0 Å². The second-order valence-corrected chi connectivity index (χ2v) is 4.90. The smallest absolute Gasteiger partial charge is 0.257 e. The van der Waals surface area contributed by atoms with Crippen LogP contribution in [0.2, 0.25) is 0 Å². The van der Waals surface area contributed by atoms with E-state index in [-0.39, 0.29) is 11.9 Å². The molecule has 0 aliphatic heterocycles. The lowest BCUT2D eigenvalue weighted by Crippen LogP contribution is -1.78. The molecular weight excluding hydrogens is 304 g/mol. The topological polar surface area (TPSA) is 108 Å². The first kappa shape index (κ1) is 13.9. The first-order chi connectivity index (χ1) is 11.9. The Kier molecular flexibility index (Phi) is 3.61. The Morgan fingerprint density at radius 1 is 0.583 bits per heavy atom. The zero-order valence-corrected chi connectivity index (χ0v) is 12.5. The molecular formula is C16H12N8. The van der Waals surface area contributed by atoms with Crippen molar-refractivity contribution in [2.75, 3.05) is 0 Å². The normalized spacial score (nSPS) is 11.2. The summed E-state index contributed by atoms with van der Waals surface area (Å²) in [5.74, 6) is 1.70. The summed E-state index contributed by atoms with van der Waals surface area (Å²) in [7, 11) is 0. The zero-order chi connectivity index (χ0) is 16.2. The van der Waals surface area contributed by atoms with Crippen LogP contribution in [0.4, 0.5) is 11.9 Å². The highest BCUT2D eigenvalue weighted by Crippen LogP contribution is 2.19. The van der Waals surface area contributed by atoms with E-state index in [1.54, 1.807) is 0 Å². The van der Waals surface area contributed by atoms with Crippen molar-refractivity contribution in [3.63, 3.8) is 0 Å². The number of aromatic nitrogens is 6. The number of nitrogens with zero attached hydrogens (tertiary/aromatic N) is 6. The number of H-pyrrole nitrogens is 2. The van der Waals surface area contributed by atoms with Crippen LogP contribution in [0.5, 0.6) is 0 Å². The maximum atomic E-state index is 4.27. The largest absolute Gasteiger partial charge is 0.287 e. The molecule has 8 heteroatoms. The molecule has 0 fully saturated rings. The summed E-state index contributed by atoms with van der Waals surface area (Å²) in [5.41, 5.74) is 1.85. The molecule has 2 heterocycles. The molecule has 0 bridgehead atoms. The number of aromatic amines is 2. The van der Waals surface area contributed by atoms with Gasteiger partial charge in [-0.2, -0.15) is 9.97 Å². The predicted octanol–water partition coefficient (Wildman–Crippen LogP) is 3.67. The van der Waals surface area contributed by atoms with Crippen molar-refractivity contribution in [2.45, 2.75) is 0 Å². The van der Waals surface area contributed by atoms with Gasteiger partial charge in [0.15, 0.2) is 11.6 Å². The Balaban J connectivity index is 1.52. The summed E-state index contributed by atoms with van der Waals surface area (Å²) in [4.78, 5) is 8.54. The molecule has 0 saturated heterocycles. The van der Waals surface area contributed by atoms with E-state index >= 15 is 0 Å². The van der Waals surface area contributed by atoms with Gasteiger partial charge in [0.05, 0.1) is 0 Å². The van der Waals surface area contributed by atoms with Crippen LogP contribution in [0, 0.1) is 0 Å². The molecule has 0 atom stereocenters. The second kappa shape index (κ2) is 6.21. The van der Waals surface area contributed by atoms with Crippen molar-refractivity contribution in [1.29, 1.82) is 0 Å². The van der Waals surface area contributed by atoms with Crippen LogP contribution in [0.3, 0.4) is 0 Å². The van der Waals surface area contributed by atoms with Gasteiger partial charge < -0.3 is 0 Å². The van der Waals surface area contributed by atoms with Crippen molar-refractivity contribution in [3.8, 4) is 22.8 Å². The second-order valence-electron chi connectivity index (χ2n) is 4.90. The van der Waals surface area contributed by atoms with Gasteiger partial charge in [-0.25, -0.2) is 0 Å². The molecule has 0 aliphatic carbocycles. The van der Waals surface area contributed by atoms with Gasteiger partial charge in [0.1, 0.15) is 0 Å². The minimum atomic E-state index is 0.222. The van der Waals surface area contributed by atoms with Gasteiger partial charge in [-0.15, -0.1) is 20.4 Å². The SMILES string of the molecule is c1ccc(-c2nc(/N=N\c3n[nH]c(-c4ccccc4)n3)n[nH]2)cc1. The third-order valence-corrected chi connectivity index (χ3v) is 3.27. The van der Waals surface area contributed by atoms with E-state index in [1.807, 2.05) is 60.7 Å². The van der Waals surface area contributed by atoms with Gasteiger partial charge in [-0.05, 0) is 0 Å². The van der Waals surface area contributed by atoms with Crippen LogP contribution < -0.4 is 0 Å². The maximum absolute atomic E-state index is 4.27. The maximum Gasteiger partial charge on any atom is 0.287 e. The molecule has 0 amide bonds. The predicted molar refractivity (Wildman–Crippen MR) is 87.8 cm³/mol. The number of azo groups is 1. The Bertz CT molecular complexity index is 876. The molecule has 0 saturated carbocycles. The first-order valence-corrected chi connectivity index (χ1v) is 7.26. The summed E-state index contributed by atoms with van der Waals surface area (Å²) in [5, 5.41) is 21.6. The molecule has 2 aromatic heterocycles. The fourth-order valence-electron chi connectivity index (χ4n) is 2.14.